The van der Waals surface area contributed by atoms with E-state index >= 15 is 0 Å². The van der Waals surface area contributed by atoms with Gasteiger partial charge in [0.1, 0.15) is 15.7 Å². The molecule has 110 valence electrons. The molecule has 1 aromatic heterocycles. The van der Waals surface area contributed by atoms with Crippen LogP contribution in [0.1, 0.15) is 11.3 Å². The number of anilines is 1. The van der Waals surface area contributed by atoms with Crippen LogP contribution in [-0.4, -0.2) is 18.4 Å². The molecule has 1 heterocycles. The molecular formula is C13H12FN3O2S2. The van der Waals surface area contributed by atoms with Gasteiger partial charge in [0.2, 0.25) is 0 Å². The standard InChI is InChI=1S/C13H12FN3O2S2/c1-8-10(5-3-7-16-8)17-21(18,19)11-6-2-4-9(14)12(11)13(15)20/h2-7,17H,1H3,(H2,15,20). The van der Waals surface area contributed by atoms with Crippen LogP contribution in [0.25, 0.3) is 0 Å². The van der Waals surface area contributed by atoms with Gasteiger partial charge in [-0.15, -0.1) is 0 Å². The Hall–Kier alpha value is -2.06. The molecule has 3 N–H and O–H groups in total. The van der Waals surface area contributed by atoms with E-state index in [-0.39, 0.29) is 15.4 Å². The maximum absolute atomic E-state index is 13.8. The minimum absolute atomic E-state index is 0.302. The average Bonchev–Trinajstić information content (AvgIpc) is 2.40. The molecule has 0 saturated carbocycles. The molecular weight excluding hydrogens is 313 g/mol. The van der Waals surface area contributed by atoms with Crippen molar-refractivity contribution in [3.05, 3.63) is 53.6 Å². The van der Waals surface area contributed by atoms with Crippen molar-refractivity contribution < 1.29 is 12.8 Å². The summed E-state index contributed by atoms with van der Waals surface area (Å²) < 4.78 is 41.0. The number of aryl methyl sites for hydroxylation is 1. The van der Waals surface area contributed by atoms with Gasteiger partial charge in [-0.25, -0.2) is 12.8 Å². The summed E-state index contributed by atoms with van der Waals surface area (Å²) >= 11 is 4.73. The van der Waals surface area contributed by atoms with E-state index in [4.69, 9.17) is 18.0 Å². The van der Waals surface area contributed by atoms with Crippen molar-refractivity contribution in [1.82, 2.24) is 4.98 Å². The molecule has 0 aliphatic rings. The van der Waals surface area contributed by atoms with Gasteiger partial charge in [-0.1, -0.05) is 18.3 Å². The number of pyridine rings is 1. The van der Waals surface area contributed by atoms with Crippen molar-refractivity contribution in [2.75, 3.05) is 4.72 Å². The molecule has 21 heavy (non-hydrogen) atoms. The highest BCUT2D eigenvalue weighted by molar-refractivity contribution is 7.93. The monoisotopic (exact) mass is 325 g/mol. The van der Waals surface area contributed by atoms with Crippen molar-refractivity contribution in [3.8, 4) is 0 Å². The van der Waals surface area contributed by atoms with Crippen LogP contribution in [0.5, 0.6) is 0 Å². The van der Waals surface area contributed by atoms with Gasteiger partial charge >= 0.3 is 0 Å². The van der Waals surface area contributed by atoms with Crippen LogP contribution in [0.4, 0.5) is 10.1 Å². The van der Waals surface area contributed by atoms with E-state index in [1.807, 2.05) is 0 Å². The molecule has 5 nitrogen and oxygen atoms in total. The summed E-state index contributed by atoms with van der Waals surface area (Å²) in [6, 6.07) is 6.76. The number of nitrogens with zero attached hydrogens (tertiary/aromatic N) is 1. The summed E-state index contributed by atoms with van der Waals surface area (Å²) in [5.41, 5.74) is 5.91. The van der Waals surface area contributed by atoms with Gasteiger partial charge in [0.25, 0.3) is 10.0 Å². The minimum atomic E-state index is -4.03. The molecule has 8 heteroatoms. The summed E-state index contributed by atoms with van der Waals surface area (Å²) in [5, 5.41) is 0. The third-order valence-electron chi connectivity index (χ3n) is 2.76. The fraction of sp³-hybridized carbons (Fsp3) is 0.0769. The molecule has 0 spiro atoms. The molecule has 1 aromatic carbocycles. The van der Waals surface area contributed by atoms with Gasteiger partial charge in [-0.2, -0.15) is 0 Å². The number of hydrogen-bond acceptors (Lipinski definition) is 4. The molecule has 0 fully saturated rings. The van der Waals surface area contributed by atoms with Gasteiger partial charge in [0.05, 0.1) is 16.9 Å². The fourth-order valence-electron chi connectivity index (χ4n) is 1.76. The lowest BCUT2D eigenvalue weighted by molar-refractivity contribution is 0.594. The SMILES string of the molecule is Cc1ncccc1NS(=O)(=O)c1cccc(F)c1C(N)=S. The maximum atomic E-state index is 13.8. The first-order chi connectivity index (χ1) is 9.83. The van der Waals surface area contributed by atoms with E-state index in [1.54, 1.807) is 19.1 Å². The third kappa shape index (κ3) is 3.17. The Morgan fingerprint density at radius 3 is 2.67 bits per heavy atom. The van der Waals surface area contributed by atoms with Crippen molar-refractivity contribution in [1.29, 1.82) is 0 Å². The lowest BCUT2D eigenvalue weighted by atomic mass is 10.2. The number of benzene rings is 1. The van der Waals surface area contributed by atoms with Crippen molar-refractivity contribution in [2.24, 2.45) is 5.73 Å². The van der Waals surface area contributed by atoms with Crippen molar-refractivity contribution in [3.63, 3.8) is 0 Å². The Bertz CT molecular complexity index is 807. The van der Waals surface area contributed by atoms with Gasteiger partial charge in [-0.05, 0) is 31.2 Å². The molecule has 2 aromatic rings. The van der Waals surface area contributed by atoms with E-state index < -0.39 is 15.8 Å². The highest BCUT2D eigenvalue weighted by atomic mass is 32.2. The van der Waals surface area contributed by atoms with E-state index in [2.05, 4.69) is 9.71 Å². The second kappa shape index (κ2) is 5.74. The number of aromatic nitrogens is 1. The molecule has 2 rings (SSSR count). The van der Waals surface area contributed by atoms with Crippen LogP contribution in [-0.2, 0) is 10.0 Å². The molecule has 0 atom stereocenters. The Balaban J connectivity index is 2.53. The highest BCUT2D eigenvalue weighted by Gasteiger charge is 2.23. The largest absolute Gasteiger partial charge is 0.389 e. The molecule has 0 saturated heterocycles. The first-order valence-electron chi connectivity index (χ1n) is 5.85. The lowest BCUT2D eigenvalue weighted by Crippen LogP contribution is -2.21. The van der Waals surface area contributed by atoms with Gasteiger partial charge in [-0.3, -0.25) is 9.71 Å². The summed E-state index contributed by atoms with van der Waals surface area (Å²) in [6.45, 7) is 1.65. The Morgan fingerprint density at radius 1 is 1.33 bits per heavy atom. The highest BCUT2D eigenvalue weighted by Crippen LogP contribution is 2.22. The predicted octanol–water partition coefficient (Wildman–Crippen LogP) is 1.96. The number of nitrogens with two attached hydrogens (primary N) is 1. The topological polar surface area (TPSA) is 85.1 Å². The first kappa shape index (κ1) is 15.3. The van der Waals surface area contributed by atoms with Crippen molar-refractivity contribution in [2.45, 2.75) is 11.8 Å². The average molecular weight is 325 g/mol. The fourth-order valence-corrected chi connectivity index (χ4v) is 3.38. The second-order valence-electron chi connectivity index (χ2n) is 4.22. The van der Waals surface area contributed by atoms with E-state index in [0.717, 1.165) is 6.07 Å². The summed E-state index contributed by atoms with van der Waals surface area (Å²) in [5.74, 6) is -0.784. The van der Waals surface area contributed by atoms with Crippen LogP contribution >= 0.6 is 12.2 Å². The number of halogens is 1. The van der Waals surface area contributed by atoms with E-state index in [0.29, 0.717) is 11.4 Å². The van der Waals surface area contributed by atoms with Crippen LogP contribution in [0.3, 0.4) is 0 Å². The molecule has 0 bridgehead atoms. The number of sulfonamides is 1. The number of rotatable bonds is 4. The van der Waals surface area contributed by atoms with E-state index in [9.17, 15) is 12.8 Å². The van der Waals surface area contributed by atoms with Crippen LogP contribution in [0, 0.1) is 12.7 Å². The molecule has 0 aliphatic carbocycles. The maximum Gasteiger partial charge on any atom is 0.262 e. The van der Waals surface area contributed by atoms with E-state index in [1.165, 1.54) is 18.3 Å². The lowest BCUT2D eigenvalue weighted by Gasteiger charge is -2.13. The third-order valence-corrected chi connectivity index (χ3v) is 4.37. The molecule has 0 radical (unpaired) electrons. The smallest absolute Gasteiger partial charge is 0.262 e. The normalized spacial score (nSPS) is 11.1. The minimum Gasteiger partial charge on any atom is -0.389 e. The Morgan fingerprint density at radius 2 is 2.05 bits per heavy atom. The summed E-state index contributed by atoms with van der Waals surface area (Å²) in [7, 11) is -4.03. The Labute approximate surface area is 127 Å². The summed E-state index contributed by atoms with van der Waals surface area (Å²) in [6.07, 6.45) is 1.54. The quantitative estimate of drug-likeness (QED) is 0.840. The van der Waals surface area contributed by atoms with Gasteiger partial charge in [0, 0.05) is 6.20 Å². The zero-order valence-electron chi connectivity index (χ0n) is 11.0. The number of thiocarbonyl (C=S) groups is 1. The van der Waals surface area contributed by atoms with Gasteiger partial charge < -0.3 is 5.73 Å². The van der Waals surface area contributed by atoms with Crippen LogP contribution < -0.4 is 10.5 Å². The van der Waals surface area contributed by atoms with Crippen LogP contribution in [0.2, 0.25) is 0 Å². The number of nitrogens with one attached hydrogen (secondary N) is 1. The Kier molecular flexibility index (Phi) is 4.19. The number of hydrogen-bond donors (Lipinski definition) is 2. The second-order valence-corrected chi connectivity index (χ2v) is 6.31. The first-order valence-corrected chi connectivity index (χ1v) is 7.75. The molecule has 0 amide bonds. The molecule has 0 unspecified atom stereocenters. The zero-order valence-corrected chi connectivity index (χ0v) is 12.6. The summed E-state index contributed by atoms with van der Waals surface area (Å²) in [4.78, 5) is 3.35. The van der Waals surface area contributed by atoms with Crippen LogP contribution in [0.15, 0.2) is 41.4 Å². The van der Waals surface area contributed by atoms with Gasteiger partial charge in [0.15, 0.2) is 0 Å². The zero-order chi connectivity index (χ0) is 15.6. The predicted molar refractivity (Wildman–Crippen MR) is 82.1 cm³/mol. The van der Waals surface area contributed by atoms with Crippen molar-refractivity contribution >= 4 is 32.9 Å². The molecule has 0 aliphatic heterocycles.